The van der Waals surface area contributed by atoms with Crippen molar-refractivity contribution in [1.29, 1.82) is 0 Å². The number of benzene rings is 1. The third kappa shape index (κ3) is 4.78. The second kappa shape index (κ2) is 9.13. The lowest BCUT2D eigenvalue weighted by Crippen LogP contribution is -2.54. The maximum Gasteiger partial charge on any atom is 0.270 e. The molecule has 0 aliphatic carbocycles. The van der Waals surface area contributed by atoms with Gasteiger partial charge in [0.1, 0.15) is 6.04 Å². The van der Waals surface area contributed by atoms with Crippen molar-refractivity contribution in [2.45, 2.75) is 26.8 Å². The molecule has 3 rings (SSSR count). The highest BCUT2D eigenvalue weighted by molar-refractivity contribution is 6.07. The number of carbonyl (C=O) groups excluding carboxylic acids is 3. The molecule has 2 heterocycles. The van der Waals surface area contributed by atoms with Crippen molar-refractivity contribution in [2.24, 2.45) is 5.92 Å². The summed E-state index contributed by atoms with van der Waals surface area (Å²) in [5.41, 5.74) is 7.31. The third-order valence-corrected chi connectivity index (χ3v) is 4.54. The first-order chi connectivity index (χ1) is 14.4. The SMILES string of the molecule is CC(=O)N[C@@H](C(=O)NNC(=O)c1cc(-c2ccncc2)nc2ccccc12)C(C)C. The molecule has 0 radical (unpaired) electrons. The molecule has 0 saturated heterocycles. The van der Waals surface area contributed by atoms with Crippen molar-refractivity contribution in [2.75, 3.05) is 0 Å². The molecule has 0 bridgehead atoms. The molecule has 0 saturated carbocycles. The van der Waals surface area contributed by atoms with Crippen molar-refractivity contribution in [1.82, 2.24) is 26.1 Å². The van der Waals surface area contributed by atoms with E-state index in [9.17, 15) is 14.4 Å². The van der Waals surface area contributed by atoms with Gasteiger partial charge in [0.2, 0.25) is 5.91 Å². The zero-order valence-corrected chi connectivity index (χ0v) is 17.0. The van der Waals surface area contributed by atoms with E-state index in [1.807, 2.05) is 18.2 Å². The van der Waals surface area contributed by atoms with E-state index in [1.165, 1.54) is 6.92 Å². The van der Waals surface area contributed by atoms with Crippen LogP contribution in [0.5, 0.6) is 0 Å². The van der Waals surface area contributed by atoms with E-state index in [2.05, 4.69) is 26.1 Å². The lowest BCUT2D eigenvalue weighted by molar-refractivity contribution is -0.129. The zero-order chi connectivity index (χ0) is 21.7. The van der Waals surface area contributed by atoms with Gasteiger partial charge in [-0.25, -0.2) is 4.98 Å². The van der Waals surface area contributed by atoms with E-state index in [4.69, 9.17) is 0 Å². The van der Waals surface area contributed by atoms with Gasteiger partial charge in [0.25, 0.3) is 11.8 Å². The zero-order valence-electron chi connectivity index (χ0n) is 17.0. The highest BCUT2D eigenvalue weighted by Gasteiger charge is 2.24. The molecule has 8 heteroatoms. The molecule has 8 nitrogen and oxygen atoms in total. The van der Waals surface area contributed by atoms with Crippen LogP contribution >= 0.6 is 0 Å². The number of nitrogens with zero attached hydrogens (tertiary/aromatic N) is 2. The second-order valence-corrected chi connectivity index (χ2v) is 7.17. The summed E-state index contributed by atoms with van der Waals surface area (Å²) >= 11 is 0. The summed E-state index contributed by atoms with van der Waals surface area (Å²) in [6.07, 6.45) is 3.31. The Morgan fingerprint density at radius 3 is 2.33 bits per heavy atom. The summed E-state index contributed by atoms with van der Waals surface area (Å²) in [5.74, 6) is -1.45. The van der Waals surface area contributed by atoms with Crippen LogP contribution in [0.4, 0.5) is 0 Å². The van der Waals surface area contributed by atoms with Crippen LogP contribution in [0, 0.1) is 5.92 Å². The minimum Gasteiger partial charge on any atom is -0.344 e. The highest BCUT2D eigenvalue weighted by Crippen LogP contribution is 2.24. The van der Waals surface area contributed by atoms with Crippen molar-refractivity contribution < 1.29 is 14.4 Å². The molecule has 3 amide bonds. The number of hydrogen-bond acceptors (Lipinski definition) is 5. The number of fused-ring (bicyclic) bond motifs is 1. The Morgan fingerprint density at radius 1 is 0.967 bits per heavy atom. The summed E-state index contributed by atoms with van der Waals surface area (Å²) < 4.78 is 0. The average Bonchev–Trinajstić information content (AvgIpc) is 2.75. The van der Waals surface area contributed by atoms with E-state index < -0.39 is 17.9 Å². The smallest absolute Gasteiger partial charge is 0.270 e. The Kier molecular flexibility index (Phi) is 6.36. The van der Waals surface area contributed by atoms with E-state index in [1.54, 1.807) is 50.5 Å². The fraction of sp³-hybridized carbons (Fsp3) is 0.227. The van der Waals surface area contributed by atoms with Gasteiger partial charge < -0.3 is 5.32 Å². The summed E-state index contributed by atoms with van der Waals surface area (Å²) in [6, 6.07) is 11.8. The molecule has 154 valence electrons. The number of carbonyl (C=O) groups is 3. The summed E-state index contributed by atoms with van der Waals surface area (Å²) in [4.78, 5) is 45.3. The Bertz CT molecular complexity index is 1080. The maximum atomic E-state index is 12.9. The second-order valence-electron chi connectivity index (χ2n) is 7.17. The van der Waals surface area contributed by atoms with Gasteiger partial charge in [-0.05, 0) is 30.2 Å². The number of rotatable bonds is 5. The molecule has 0 aliphatic rings. The van der Waals surface area contributed by atoms with E-state index in [0.717, 1.165) is 5.56 Å². The maximum absolute atomic E-state index is 12.9. The van der Waals surface area contributed by atoms with Crippen LogP contribution in [-0.4, -0.2) is 33.7 Å². The van der Waals surface area contributed by atoms with Crippen LogP contribution in [0.25, 0.3) is 22.2 Å². The van der Waals surface area contributed by atoms with Crippen molar-refractivity contribution >= 4 is 28.6 Å². The van der Waals surface area contributed by atoms with Crippen LogP contribution in [0.3, 0.4) is 0 Å². The fourth-order valence-electron chi connectivity index (χ4n) is 3.05. The van der Waals surface area contributed by atoms with E-state index in [-0.39, 0.29) is 11.8 Å². The first kappa shape index (κ1) is 20.9. The summed E-state index contributed by atoms with van der Waals surface area (Å²) in [6.45, 7) is 4.95. The van der Waals surface area contributed by atoms with Crippen molar-refractivity contribution in [3.8, 4) is 11.3 Å². The molecule has 3 aromatic rings. The quantitative estimate of drug-likeness (QED) is 0.564. The summed E-state index contributed by atoms with van der Waals surface area (Å²) in [5, 5.41) is 3.24. The van der Waals surface area contributed by atoms with Gasteiger partial charge >= 0.3 is 0 Å². The fourth-order valence-corrected chi connectivity index (χ4v) is 3.05. The van der Waals surface area contributed by atoms with Crippen LogP contribution in [0.15, 0.2) is 54.9 Å². The predicted molar refractivity (Wildman–Crippen MR) is 113 cm³/mol. The predicted octanol–water partition coefficient (Wildman–Crippen LogP) is 2.22. The summed E-state index contributed by atoms with van der Waals surface area (Å²) in [7, 11) is 0. The number of nitrogens with one attached hydrogen (secondary N) is 3. The lowest BCUT2D eigenvalue weighted by atomic mass is 10.0. The van der Waals surface area contributed by atoms with Gasteiger partial charge in [-0.2, -0.15) is 0 Å². The standard InChI is InChI=1S/C22H23N5O3/c1-13(2)20(24-14(3)28)22(30)27-26-21(29)17-12-19(15-8-10-23-11-9-15)25-18-7-5-4-6-16(17)18/h4-13,20H,1-3H3,(H,24,28)(H,26,29)(H,27,30)/t20-/m1/s1. The van der Waals surface area contributed by atoms with Gasteiger partial charge in [-0.3, -0.25) is 30.2 Å². The Balaban J connectivity index is 1.87. The number of hydrazine groups is 1. The van der Waals surface area contributed by atoms with Crippen LogP contribution in [0.1, 0.15) is 31.1 Å². The first-order valence-corrected chi connectivity index (χ1v) is 9.54. The van der Waals surface area contributed by atoms with Gasteiger partial charge in [-0.1, -0.05) is 32.0 Å². The topological polar surface area (TPSA) is 113 Å². The Hall–Kier alpha value is -3.81. The average molecular weight is 405 g/mol. The molecule has 0 fully saturated rings. The molecule has 30 heavy (non-hydrogen) atoms. The molecule has 1 atom stereocenters. The van der Waals surface area contributed by atoms with Gasteiger partial charge in [0.15, 0.2) is 0 Å². The van der Waals surface area contributed by atoms with Crippen molar-refractivity contribution in [3.63, 3.8) is 0 Å². The number of para-hydroxylation sites is 1. The Morgan fingerprint density at radius 2 is 1.67 bits per heavy atom. The highest BCUT2D eigenvalue weighted by atomic mass is 16.2. The monoisotopic (exact) mass is 405 g/mol. The number of pyridine rings is 2. The molecular weight excluding hydrogens is 382 g/mol. The number of aromatic nitrogens is 2. The Labute approximate surface area is 174 Å². The van der Waals surface area contributed by atoms with Crippen molar-refractivity contribution in [3.05, 3.63) is 60.4 Å². The largest absolute Gasteiger partial charge is 0.344 e. The molecule has 1 aromatic carbocycles. The minimum atomic E-state index is -0.760. The van der Waals surface area contributed by atoms with Gasteiger partial charge in [0.05, 0.1) is 16.8 Å². The van der Waals surface area contributed by atoms with Gasteiger partial charge in [0, 0.05) is 30.3 Å². The van der Waals surface area contributed by atoms with Gasteiger partial charge in [-0.15, -0.1) is 0 Å². The molecule has 2 aromatic heterocycles. The molecular formula is C22H23N5O3. The van der Waals surface area contributed by atoms with Crippen LogP contribution in [-0.2, 0) is 9.59 Å². The normalized spacial score (nSPS) is 11.7. The first-order valence-electron chi connectivity index (χ1n) is 9.54. The van der Waals surface area contributed by atoms with Crippen LogP contribution in [0.2, 0.25) is 0 Å². The number of hydrogen-bond donors (Lipinski definition) is 3. The molecule has 0 aliphatic heterocycles. The molecule has 0 spiro atoms. The van der Waals surface area contributed by atoms with E-state index >= 15 is 0 Å². The minimum absolute atomic E-state index is 0.147. The number of amides is 3. The lowest BCUT2D eigenvalue weighted by Gasteiger charge is -2.21. The van der Waals surface area contributed by atoms with Crippen LogP contribution < -0.4 is 16.2 Å². The third-order valence-electron chi connectivity index (χ3n) is 4.54. The molecule has 3 N–H and O–H groups in total. The molecule has 0 unspecified atom stereocenters. The van der Waals surface area contributed by atoms with E-state index in [0.29, 0.717) is 22.2 Å².